The molecule has 0 radical (unpaired) electrons. The summed E-state index contributed by atoms with van der Waals surface area (Å²) >= 11 is 1.36. The molecule has 0 aliphatic carbocycles. The fraction of sp³-hybridized carbons (Fsp3) is 0.200. The number of carbonyl (C=O) groups excluding carboxylic acids is 1. The van der Waals surface area contributed by atoms with E-state index in [-0.39, 0.29) is 11.7 Å². The van der Waals surface area contributed by atoms with E-state index in [2.05, 4.69) is 20.3 Å². The van der Waals surface area contributed by atoms with Crippen LogP contribution in [0.4, 0.5) is 5.69 Å². The molecule has 0 atom stereocenters. The third-order valence-corrected chi connectivity index (χ3v) is 4.63. The van der Waals surface area contributed by atoms with Crippen LogP contribution in [0.2, 0.25) is 0 Å². The van der Waals surface area contributed by atoms with E-state index in [1.807, 2.05) is 56.3 Å². The molecule has 1 amide bonds. The Morgan fingerprint density at radius 3 is 2.70 bits per heavy atom. The van der Waals surface area contributed by atoms with Gasteiger partial charge in [0.25, 0.3) is 0 Å². The van der Waals surface area contributed by atoms with Gasteiger partial charge in [-0.05, 0) is 49.7 Å². The van der Waals surface area contributed by atoms with Crippen molar-refractivity contribution in [2.75, 3.05) is 18.2 Å². The molecule has 0 spiro atoms. The molecular weight excluding hydrogens is 360 g/mol. The second-order valence-electron chi connectivity index (χ2n) is 5.89. The number of aryl methyl sites for hydroxylation is 2. The standard InChI is InChI=1S/C20H20N4O2S/c1-13-7-8-18(26-3)17(10-13)24-19(25)12-27-20-11-16(22-14(2)23-20)15-6-4-5-9-21-15/h4-11H,12H2,1-3H3,(H,24,25). The molecule has 3 aromatic rings. The molecule has 0 bridgehead atoms. The number of nitrogens with zero attached hydrogens (tertiary/aromatic N) is 3. The van der Waals surface area contributed by atoms with Crippen LogP contribution in [0.5, 0.6) is 5.75 Å². The number of rotatable bonds is 6. The summed E-state index contributed by atoms with van der Waals surface area (Å²) in [4.78, 5) is 25.5. The Kier molecular flexibility index (Phi) is 6.03. The Morgan fingerprint density at radius 2 is 1.96 bits per heavy atom. The summed E-state index contributed by atoms with van der Waals surface area (Å²) in [6.07, 6.45) is 1.72. The van der Waals surface area contributed by atoms with Crippen molar-refractivity contribution in [3.05, 3.63) is 60.0 Å². The van der Waals surface area contributed by atoms with Gasteiger partial charge in [-0.3, -0.25) is 9.78 Å². The Balaban J connectivity index is 1.69. The highest BCUT2D eigenvalue weighted by Gasteiger charge is 2.11. The number of hydrogen-bond acceptors (Lipinski definition) is 6. The first-order valence-electron chi connectivity index (χ1n) is 8.39. The maximum absolute atomic E-state index is 12.4. The number of thioether (sulfide) groups is 1. The predicted octanol–water partition coefficient (Wildman–Crippen LogP) is 3.89. The number of ether oxygens (including phenoxy) is 1. The maximum atomic E-state index is 12.4. The zero-order chi connectivity index (χ0) is 19.2. The van der Waals surface area contributed by atoms with Crippen molar-refractivity contribution in [1.82, 2.24) is 15.0 Å². The Bertz CT molecular complexity index is 948. The smallest absolute Gasteiger partial charge is 0.234 e. The van der Waals surface area contributed by atoms with Gasteiger partial charge in [0, 0.05) is 6.20 Å². The molecule has 0 unspecified atom stereocenters. The maximum Gasteiger partial charge on any atom is 0.234 e. The monoisotopic (exact) mass is 380 g/mol. The van der Waals surface area contributed by atoms with Gasteiger partial charge in [-0.2, -0.15) is 0 Å². The molecule has 7 heteroatoms. The third kappa shape index (κ3) is 5.04. The van der Waals surface area contributed by atoms with Crippen LogP contribution in [0.3, 0.4) is 0 Å². The van der Waals surface area contributed by atoms with Gasteiger partial charge in [0.1, 0.15) is 16.6 Å². The van der Waals surface area contributed by atoms with Gasteiger partial charge in [-0.15, -0.1) is 0 Å². The van der Waals surface area contributed by atoms with Crippen molar-refractivity contribution >= 4 is 23.4 Å². The number of carbonyl (C=O) groups is 1. The molecule has 27 heavy (non-hydrogen) atoms. The quantitative estimate of drug-likeness (QED) is 0.516. The van der Waals surface area contributed by atoms with Crippen LogP contribution in [-0.4, -0.2) is 33.7 Å². The highest BCUT2D eigenvalue weighted by atomic mass is 32.2. The van der Waals surface area contributed by atoms with Crippen molar-refractivity contribution in [1.29, 1.82) is 0 Å². The molecule has 2 aromatic heterocycles. The van der Waals surface area contributed by atoms with Gasteiger partial charge in [0.05, 0.1) is 29.9 Å². The third-order valence-electron chi connectivity index (χ3n) is 3.72. The summed E-state index contributed by atoms with van der Waals surface area (Å²) in [7, 11) is 1.58. The van der Waals surface area contributed by atoms with E-state index < -0.39 is 0 Å². The minimum absolute atomic E-state index is 0.125. The number of amides is 1. The summed E-state index contributed by atoms with van der Waals surface area (Å²) in [5.74, 6) is 1.38. The first-order valence-corrected chi connectivity index (χ1v) is 9.38. The topological polar surface area (TPSA) is 77.0 Å². The molecule has 138 valence electrons. The molecule has 2 heterocycles. The molecule has 1 N–H and O–H groups in total. The second kappa shape index (κ2) is 8.64. The van der Waals surface area contributed by atoms with Gasteiger partial charge in [-0.25, -0.2) is 9.97 Å². The molecule has 1 aromatic carbocycles. The van der Waals surface area contributed by atoms with E-state index in [0.29, 0.717) is 17.3 Å². The highest BCUT2D eigenvalue weighted by Crippen LogP contribution is 2.26. The molecular formula is C20H20N4O2S. The Hall–Kier alpha value is -2.93. The zero-order valence-corrected chi connectivity index (χ0v) is 16.2. The normalized spacial score (nSPS) is 10.5. The van der Waals surface area contributed by atoms with E-state index in [4.69, 9.17) is 4.74 Å². The number of hydrogen-bond donors (Lipinski definition) is 1. The summed E-state index contributed by atoms with van der Waals surface area (Å²) in [5, 5.41) is 3.62. The van der Waals surface area contributed by atoms with Crippen molar-refractivity contribution in [3.63, 3.8) is 0 Å². The SMILES string of the molecule is COc1ccc(C)cc1NC(=O)CSc1cc(-c2ccccn2)nc(C)n1. The van der Waals surface area contributed by atoms with Crippen molar-refractivity contribution < 1.29 is 9.53 Å². The second-order valence-corrected chi connectivity index (χ2v) is 6.89. The van der Waals surface area contributed by atoms with E-state index in [1.165, 1.54) is 11.8 Å². The number of pyridine rings is 1. The average Bonchev–Trinajstić information content (AvgIpc) is 2.67. The minimum Gasteiger partial charge on any atom is -0.495 e. The Labute approximate surface area is 162 Å². The van der Waals surface area contributed by atoms with Crippen molar-refractivity contribution in [3.8, 4) is 17.1 Å². The van der Waals surface area contributed by atoms with Gasteiger partial charge in [0.15, 0.2) is 0 Å². The number of nitrogens with one attached hydrogen (secondary N) is 1. The van der Waals surface area contributed by atoms with Gasteiger partial charge in [0.2, 0.25) is 5.91 Å². The van der Waals surface area contributed by atoms with E-state index in [1.54, 1.807) is 13.3 Å². The highest BCUT2D eigenvalue weighted by molar-refractivity contribution is 7.99. The predicted molar refractivity (Wildman–Crippen MR) is 107 cm³/mol. The first kappa shape index (κ1) is 18.8. The van der Waals surface area contributed by atoms with Crippen LogP contribution in [0.15, 0.2) is 53.7 Å². The summed E-state index contributed by atoms with van der Waals surface area (Å²) in [6.45, 7) is 3.79. The van der Waals surface area contributed by atoms with Crippen molar-refractivity contribution in [2.45, 2.75) is 18.9 Å². The summed E-state index contributed by atoms with van der Waals surface area (Å²) in [6, 6.07) is 13.2. The molecule has 0 aliphatic rings. The van der Waals surface area contributed by atoms with E-state index in [9.17, 15) is 4.79 Å². The molecule has 0 saturated heterocycles. The van der Waals surface area contributed by atoms with Gasteiger partial charge < -0.3 is 10.1 Å². The fourth-order valence-electron chi connectivity index (χ4n) is 2.51. The largest absolute Gasteiger partial charge is 0.495 e. The van der Waals surface area contributed by atoms with Crippen LogP contribution in [0.25, 0.3) is 11.4 Å². The van der Waals surface area contributed by atoms with E-state index in [0.717, 1.165) is 22.0 Å². The zero-order valence-electron chi connectivity index (χ0n) is 15.4. The van der Waals surface area contributed by atoms with Crippen LogP contribution in [0, 0.1) is 13.8 Å². The van der Waals surface area contributed by atoms with Crippen LogP contribution in [-0.2, 0) is 4.79 Å². The average molecular weight is 380 g/mol. The number of methoxy groups -OCH3 is 1. The molecule has 0 aliphatic heterocycles. The number of benzene rings is 1. The summed E-state index contributed by atoms with van der Waals surface area (Å²) in [5.41, 5.74) is 3.23. The lowest BCUT2D eigenvalue weighted by atomic mass is 10.2. The summed E-state index contributed by atoms with van der Waals surface area (Å²) < 4.78 is 5.30. The Morgan fingerprint density at radius 1 is 1.11 bits per heavy atom. The lowest BCUT2D eigenvalue weighted by molar-refractivity contribution is -0.113. The van der Waals surface area contributed by atoms with Crippen LogP contribution in [0.1, 0.15) is 11.4 Å². The molecule has 0 fully saturated rings. The molecule has 3 rings (SSSR count). The number of aromatic nitrogens is 3. The van der Waals surface area contributed by atoms with Gasteiger partial charge in [-0.1, -0.05) is 23.9 Å². The van der Waals surface area contributed by atoms with Crippen LogP contribution < -0.4 is 10.1 Å². The van der Waals surface area contributed by atoms with Crippen molar-refractivity contribution in [2.24, 2.45) is 0 Å². The molecule has 6 nitrogen and oxygen atoms in total. The fourth-order valence-corrected chi connectivity index (χ4v) is 3.25. The van der Waals surface area contributed by atoms with E-state index >= 15 is 0 Å². The molecule has 0 saturated carbocycles. The first-order chi connectivity index (χ1) is 13.0. The minimum atomic E-state index is -0.125. The lowest BCUT2D eigenvalue weighted by Gasteiger charge is -2.11. The number of anilines is 1. The van der Waals surface area contributed by atoms with Crippen LogP contribution >= 0.6 is 11.8 Å². The van der Waals surface area contributed by atoms with Gasteiger partial charge >= 0.3 is 0 Å². The lowest BCUT2D eigenvalue weighted by Crippen LogP contribution is -2.15.